The third kappa shape index (κ3) is 6.58. The molecule has 1 aromatic carbocycles. The second-order valence-corrected chi connectivity index (χ2v) is 7.01. The molecule has 0 radical (unpaired) electrons. The van der Waals surface area contributed by atoms with Crippen molar-refractivity contribution in [2.24, 2.45) is 5.92 Å². The van der Waals surface area contributed by atoms with Gasteiger partial charge >= 0.3 is 11.9 Å². The van der Waals surface area contributed by atoms with Gasteiger partial charge in [-0.3, -0.25) is 4.79 Å². The van der Waals surface area contributed by atoms with Gasteiger partial charge < -0.3 is 19.5 Å². The van der Waals surface area contributed by atoms with E-state index >= 15 is 0 Å². The monoisotopic (exact) mass is 377 g/mol. The van der Waals surface area contributed by atoms with E-state index in [4.69, 9.17) is 9.47 Å². The lowest BCUT2D eigenvalue weighted by atomic mass is 10.0. The van der Waals surface area contributed by atoms with E-state index in [9.17, 15) is 14.4 Å². The largest absolute Gasteiger partial charge is 0.482 e. The number of aryl methyl sites for hydroxylation is 2. The van der Waals surface area contributed by atoms with Gasteiger partial charge in [-0.15, -0.1) is 0 Å². The summed E-state index contributed by atoms with van der Waals surface area (Å²) in [7, 11) is 1.26. The highest BCUT2D eigenvalue weighted by Gasteiger charge is 2.23. The van der Waals surface area contributed by atoms with Crippen LogP contribution in [0.2, 0.25) is 0 Å². The molecular weight excluding hydrogens is 350 g/mol. The van der Waals surface area contributed by atoms with E-state index in [1.807, 2.05) is 32.0 Å². The fourth-order valence-corrected chi connectivity index (χ4v) is 3.03. The molecule has 0 saturated heterocycles. The molecule has 0 saturated carbocycles. The number of fused-ring (bicyclic) bond motifs is 1. The van der Waals surface area contributed by atoms with Gasteiger partial charge in [-0.25, -0.2) is 9.59 Å². The summed E-state index contributed by atoms with van der Waals surface area (Å²) >= 11 is 0. The van der Waals surface area contributed by atoms with E-state index in [2.05, 4.69) is 10.1 Å². The summed E-state index contributed by atoms with van der Waals surface area (Å²) in [5.41, 5.74) is 2.57. The SMILES string of the molecule is COC(=O)C(CC(C)C)NC(=O)COC(=O)COc1ccc2c(c1)CCC2. The fourth-order valence-electron chi connectivity index (χ4n) is 3.03. The van der Waals surface area contributed by atoms with Crippen LogP contribution in [0.25, 0.3) is 0 Å². The van der Waals surface area contributed by atoms with Crippen molar-refractivity contribution < 1.29 is 28.6 Å². The van der Waals surface area contributed by atoms with Crippen LogP contribution >= 0.6 is 0 Å². The Hall–Kier alpha value is -2.57. The number of hydrogen-bond acceptors (Lipinski definition) is 6. The lowest BCUT2D eigenvalue weighted by Gasteiger charge is -2.18. The summed E-state index contributed by atoms with van der Waals surface area (Å²) in [6.45, 7) is 3.10. The maximum absolute atomic E-state index is 11.9. The molecule has 0 bridgehead atoms. The van der Waals surface area contributed by atoms with Gasteiger partial charge in [0.1, 0.15) is 11.8 Å². The second kappa shape index (κ2) is 9.94. The predicted molar refractivity (Wildman–Crippen MR) is 98.3 cm³/mol. The summed E-state index contributed by atoms with van der Waals surface area (Å²) in [5.74, 6) is -0.929. The zero-order valence-electron chi connectivity index (χ0n) is 16.1. The van der Waals surface area contributed by atoms with Crippen LogP contribution in [0.15, 0.2) is 18.2 Å². The molecule has 0 fully saturated rings. The fraction of sp³-hybridized carbons (Fsp3) is 0.550. The molecule has 1 amide bonds. The number of methoxy groups -OCH3 is 1. The molecule has 0 spiro atoms. The molecule has 0 aliphatic heterocycles. The summed E-state index contributed by atoms with van der Waals surface area (Å²) in [6, 6.07) is 5.02. The molecule has 0 heterocycles. The smallest absolute Gasteiger partial charge is 0.344 e. The number of ether oxygens (including phenoxy) is 3. The third-order valence-electron chi connectivity index (χ3n) is 4.32. The molecule has 1 N–H and O–H groups in total. The van der Waals surface area contributed by atoms with Gasteiger partial charge in [0.15, 0.2) is 13.2 Å². The number of esters is 2. The van der Waals surface area contributed by atoms with Gasteiger partial charge in [0.2, 0.25) is 0 Å². The number of benzene rings is 1. The van der Waals surface area contributed by atoms with Crippen LogP contribution < -0.4 is 10.1 Å². The first kappa shape index (κ1) is 20.7. The first-order chi connectivity index (χ1) is 12.9. The highest BCUT2D eigenvalue weighted by Crippen LogP contribution is 2.25. The minimum Gasteiger partial charge on any atom is -0.482 e. The Bertz CT molecular complexity index is 685. The maximum Gasteiger partial charge on any atom is 0.344 e. The van der Waals surface area contributed by atoms with Crippen molar-refractivity contribution in [3.05, 3.63) is 29.3 Å². The van der Waals surface area contributed by atoms with Gasteiger partial charge in [-0.1, -0.05) is 19.9 Å². The average molecular weight is 377 g/mol. The van der Waals surface area contributed by atoms with Gasteiger partial charge in [0, 0.05) is 0 Å². The predicted octanol–water partition coefficient (Wildman–Crippen LogP) is 1.80. The van der Waals surface area contributed by atoms with Gasteiger partial charge in [0.25, 0.3) is 5.91 Å². The average Bonchev–Trinajstić information content (AvgIpc) is 3.10. The molecule has 0 aromatic heterocycles. The number of carbonyl (C=O) groups is 3. The number of hydrogen-bond donors (Lipinski definition) is 1. The quantitative estimate of drug-likeness (QED) is 0.660. The summed E-state index contributed by atoms with van der Waals surface area (Å²) < 4.78 is 15.0. The number of nitrogens with one attached hydrogen (secondary N) is 1. The Balaban J connectivity index is 1.74. The molecule has 1 aliphatic carbocycles. The van der Waals surface area contributed by atoms with E-state index in [0.29, 0.717) is 12.2 Å². The van der Waals surface area contributed by atoms with Crippen LogP contribution in [0.1, 0.15) is 37.8 Å². The van der Waals surface area contributed by atoms with E-state index in [1.54, 1.807) is 0 Å². The summed E-state index contributed by atoms with van der Waals surface area (Å²) in [4.78, 5) is 35.4. The first-order valence-corrected chi connectivity index (χ1v) is 9.16. The second-order valence-electron chi connectivity index (χ2n) is 7.01. The van der Waals surface area contributed by atoms with Gasteiger partial charge in [0.05, 0.1) is 7.11 Å². The standard InChI is InChI=1S/C20H27NO6/c1-13(2)9-17(20(24)25-3)21-18(22)11-27-19(23)12-26-16-8-7-14-5-4-6-15(14)10-16/h7-8,10,13,17H,4-6,9,11-12H2,1-3H3,(H,21,22). The van der Waals surface area contributed by atoms with E-state index in [1.165, 1.54) is 18.2 Å². The minimum atomic E-state index is -0.760. The van der Waals surface area contributed by atoms with Crippen LogP contribution in [0.5, 0.6) is 5.75 Å². The van der Waals surface area contributed by atoms with Gasteiger partial charge in [-0.2, -0.15) is 0 Å². The van der Waals surface area contributed by atoms with Crippen molar-refractivity contribution in [3.8, 4) is 5.75 Å². The Morgan fingerprint density at radius 1 is 1.11 bits per heavy atom. The summed E-state index contributed by atoms with van der Waals surface area (Å²) in [6.07, 6.45) is 3.68. The topological polar surface area (TPSA) is 90.9 Å². The maximum atomic E-state index is 11.9. The summed E-state index contributed by atoms with van der Waals surface area (Å²) in [5, 5.41) is 2.52. The highest BCUT2D eigenvalue weighted by molar-refractivity contribution is 5.86. The van der Waals surface area contributed by atoms with Crippen molar-refractivity contribution in [2.45, 2.75) is 45.6 Å². The molecular formula is C20H27NO6. The molecule has 2 rings (SSSR count). The molecule has 148 valence electrons. The number of carbonyl (C=O) groups excluding carboxylic acids is 3. The van der Waals surface area contributed by atoms with Crippen molar-refractivity contribution >= 4 is 17.8 Å². The zero-order chi connectivity index (χ0) is 19.8. The Kier molecular flexibility index (Phi) is 7.64. The lowest BCUT2D eigenvalue weighted by molar-refractivity contribution is -0.151. The van der Waals surface area contributed by atoms with Crippen molar-refractivity contribution in [1.82, 2.24) is 5.32 Å². The first-order valence-electron chi connectivity index (χ1n) is 9.16. The zero-order valence-corrected chi connectivity index (χ0v) is 16.1. The van der Waals surface area contributed by atoms with Crippen LogP contribution in [-0.2, 0) is 36.7 Å². The molecule has 1 aromatic rings. The van der Waals surface area contributed by atoms with Crippen LogP contribution in [-0.4, -0.2) is 44.2 Å². The third-order valence-corrected chi connectivity index (χ3v) is 4.32. The van der Waals surface area contributed by atoms with Crippen molar-refractivity contribution in [2.75, 3.05) is 20.3 Å². The lowest BCUT2D eigenvalue weighted by Crippen LogP contribution is -2.44. The Labute approximate surface area is 159 Å². The van der Waals surface area contributed by atoms with Crippen LogP contribution in [0, 0.1) is 5.92 Å². The molecule has 27 heavy (non-hydrogen) atoms. The molecule has 1 atom stereocenters. The van der Waals surface area contributed by atoms with E-state index < -0.39 is 30.5 Å². The molecule has 7 heteroatoms. The van der Waals surface area contributed by atoms with Crippen LogP contribution in [0.4, 0.5) is 0 Å². The van der Waals surface area contributed by atoms with Crippen molar-refractivity contribution in [3.63, 3.8) is 0 Å². The number of amides is 1. The minimum absolute atomic E-state index is 0.192. The van der Waals surface area contributed by atoms with Gasteiger partial charge in [-0.05, 0) is 54.9 Å². The van der Waals surface area contributed by atoms with Crippen molar-refractivity contribution in [1.29, 1.82) is 0 Å². The Morgan fingerprint density at radius 2 is 1.85 bits per heavy atom. The number of rotatable bonds is 9. The highest BCUT2D eigenvalue weighted by atomic mass is 16.6. The van der Waals surface area contributed by atoms with E-state index in [-0.39, 0.29) is 12.5 Å². The molecule has 7 nitrogen and oxygen atoms in total. The van der Waals surface area contributed by atoms with Crippen LogP contribution in [0.3, 0.4) is 0 Å². The Morgan fingerprint density at radius 3 is 2.56 bits per heavy atom. The molecule has 1 unspecified atom stereocenters. The van der Waals surface area contributed by atoms with E-state index in [0.717, 1.165) is 19.3 Å². The normalized spacial score (nSPS) is 13.6. The molecule has 1 aliphatic rings.